The zero-order valence-electron chi connectivity index (χ0n) is 9.15. The lowest BCUT2D eigenvalue weighted by Gasteiger charge is -2.23. The van der Waals surface area contributed by atoms with E-state index >= 15 is 0 Å². The van der Waals surface area contributed by atoms with Crippen molar-refractivity contribution in [3.63, 3.8) is 0 Å². The van der Waals surface area contributed by atoms with Gasteiger partial charge in [-0.15, -0.1) is 0 Å². The Kier molecular flexibility index (Phi) is 3.28. The van der Waals surface area contributed by atoms with E-state index < -0.39 is 0 Å². The molecule has 0 saturated carbocycles. The van der Waals surface area contributed by atoms with Crippen molar-refractivity contribution >= 4 is 34.8 Å². The van der Waals surface area contributed by atoms with Crippen molar-refractivity contribution in [1.29, 1.82) is 5.26 Å². The smallest absolute Gasteiger partial charge is 0.228 e. The van der Waals surface area contributed by atoms with Crippen LogP contribution < -0.4 is 4.90 Å². The Hall–Kier alpha value is -1.24. The van der Waals surface area contributed by atoms with E-state index in [4.69, 9.17) is 28.5 Å². The van der Waals surface area contributed by atoms with Crippen molar-refractivity contribution in [2.45, 2.75) is 19.4 Å². The van der Waals surface area contributed by atoms with Gasteiger partial charge in [0, 0.05) is 11.4 Å². The van der Waals surface area contributed by atoms with E-state index in [9.17, 15) is 4.79 Å². The number of rotatable bonds is 1. The maximum Gasteiger partial charge on any atom is 0.228 e. The van der Waals surface area contributed by atoms with Crippen LogP contribution in [0.1, 0.15) is 13.3 Å². The summed E-state index contributed by atoms with van der Waals surface area (Å²) in [5.41, 5.74) is 0.617. The summed E-state index contributed by atoms with van der Waals surface area (Å²) in [4.78, 5) is 13.5. The van der Waals surface area contributed by atoms with Gasteiger partial charge in [-0.25, -0.2) is 0 Å². The van der Waals surface area contributed by atoms with Crippen molar-refractivity contribution < 1.29 is 4.79 Å². The van der Waals surface area contributed by atoms with Gasteiger partial charge in [0.2, 0.25) is 5.91 Å². The van der Waals surface area contributed by atoms with Crippen molar-refractivity contribution in [1.82, 2.24) is 0 Å². The van der Waals surface area contributed by atoms with Crippen LogP contribution in [-0.4, -0.2) is 11.9 Å². The predicted octanol–water partition coefficient (Wildman–Crippen LogP) is 3.26. The molecule has 1 saturated heterocycles. The van der Waals surface area contributed by atoms with Crippen LogP contribution >= 0.6 is 23.2 Å². The number of nitrogens with zero attached hydrogens (tertiary/aromatic N) is 2. The number of hydrogen-bond donors (Lipinski definition) is 0. The molecule has 0 aromatic heterocycles. The monoisotopic (exact) mass is 268 g/mol. The Balaban J connectivity index is 2.41. The number of halogens is 2. The summed E-state index contributed by atoms with van der Waals surface area (Å²) in [5, 5.41) is 9.90. The van der Waals surface area contributed by atoms with Gasteiger partial charge < -0.3 is 4.90 Å². The molecule has 1 aliphatic rings. The van der Waals surface area contributed by atoms with Gasteiger partial charge in [-0.1, -0.05) is 23.2 Å². The fourth-order valence-electron chi connectivity index (χ4n) is 2.05. The first-order valence-corrected chi connectivity index (χ1v) is 5.97. The molecular formula is C12H10Cl2N2O. The number of carbonyl (C=O) groups excluding carboxylic acids is 1. The third-order valence-electron chi connectivity index (χ3n) is 2.99. The van der Waals surface area contributed by atoms with Gasteiger partial charge in [0.1, 0.15) is 0 Å². The average molecular weight is 269 g/mol. The van der Waals surface area contributed by atoms with Gasteiger partial charge >= 0.3 is 0 Å². The van der Waals surface area contributed by atoms with Crippen molar-refractivity contribution in [3.05, 3.63) is 28.2 Å². The Morgan fingerprint density at radius 2 is 2.18 bits per heavy atom. The summed E-state index contributed by atoms with van der Waals surface area (Å²) in [6.07, 6.45) is 0.247. The molecule has 3 nitrogen and oxygen atoms in total. The maximum absolute atomic E-state index is 11.9. The Labute approximate surface area is 110 Å². The summed E-state index contributed by atoms with van der Waals surface area (Å²) in [5.74, 6) is -0.359. The SMILES string of the molecule is CC1C(C#N)CC(=O)N1c1ccc(Cl)cc1Cl. The average Bonchev–Trinajstić information content (AvgIpc) is 2.55. The summed E-state index contributed by atoms with van der Waals surface area (Å²) >= 11 is 11.9. The number of carbonyl (C=O) groups is 1. The molecule has 2 atom stereocenters. The van der Waals surface area contributed by atoms with Crippen LogP contribution in [0.15, 0.2) is 18.2 Å². The molecule has 17 heavy (non-hydrogen) atoms. The molecule has 0 N–H and O–H groups in total. The minimum atomic E-state index is -0.283. The molecule has 1 amide bonds. The Morgan fingerprint density at radius 3 is 2.71 bits per heavy atom. The first-order chi connectivity index (χ1) is 8.04. The molecule has 1 aromatic carbocycles. The Morgan fingerprint density at radius 1 is 1.47 bits per heavy atom. The van der Waals surface area contributed by atoms with Crippen molar-refractivity contribution in [3.8, 4) is 6.07 Å². The zero-order valence-corrected chi connectivity index (χ0v) is 10.7. The molecule has 0 bridgehead atoms. The quantitative estimate of drug-likeness (QED) is 0.785. The molecule has 1 fully saturated rings. The van der Waals surface area contributed by atoms with E-state index in [1.807, 2.05) is 6.92 Å². The third-order valence-corrected chi connectivity index (χ3v) is 3.53. The molecule has 1 aromatic rings. The second kappa shape index (κ2) is 4.56. The molecular weight excluding hydrogens is 259 g/mol. The fourth-order valence-corrected chi connectivity index (χ4v) is 2.55. The molecule has 2 rings (SSSR count). The normalized spacial score (nSPS) is 23.9. The van der Waals surface area contributed by atoms with E-state index in [2.05, 4.69) is 6.07 Å². The van der Waals surface area contributed by atoms with E-state index in [1.54, 1.807) is 23.1 Å². The van der Waals surface area contributed by atoms with Crippen LogP contribution in [0.2, 0.25) is 10.0 Å². The van der Waals surface area contributed by atoms with Crippen LogP contribution in [0, 0.1) is 17.2 Å². The summed E-state index contributed by atoms with van der Waals surface area (Å²) in [7, 11) is 0. The van der Waals surface area contributed by atoms with Gasteiger partial charge in [0.25, 0.3) is 0 Å². The predicted molar refractivity (Wildman–Crippen MR) is 67.1 cm³/mol. The molecule has 1 heterocycles. The lowest BCUT2D eigenvalue weighted by atomic mass is 10.0. The Bertz CT molecular complexity index is 510. The highest BCUT2D eigenvalue weighted by molar-refractivity contribution is 6.36. The minimum absolute atomic E-state index is 0.0757. The minimum Gasteiger partial charge on any atom is -0.307 e. The summed E-state index contributed by atoms with van der Waals surface area (Å²) in [6.45, 7) is 1.85. The van der Waals surface area contributed by atoms with Gasteiger partial charge in [-0.3, -0.25) is 4.79 Å². The fraction of sp³-hybridized carbons (Fsp3) is 0.333. The van der Waals surface area contributed by atoms with Gasteiger partial charge in [0.05, 0.1) is 28.7 Å². The highest BCUT2D eigenvalue weighted by Crippen LogP contribution is 2.36. The second-order valence-corrected chi connectivity index (χ2v) is 4.88. The lowest BCUT2D eigenvalue weighted by Crippen LogP contribution is -2.32. The highest BCUT2D eigenvalue weighted by Gasteiger charge is 2.38. The third kappa shape index (κ3) is 2.11. The van der Waals surface area contributed by atoms with E-state index in [0.29, 0.717) is 15.7 Å². The highest BCUT2D eigenvalue weighted by atomic mass is 35.5. The lowest BCUT2D eigenvalue weighted by molar-refractivity contribution is -0.117. The van der Waals surface area contributed by atoms with Crippen molar-refractivity contribution in [2.24, 2.45) is 5.92 Å². The number of anilines is 1. The summed E-state index contributed by atoms with van der Waals surface area (Å²) < 4.78 is 0. The van der Waals surface area contributed by atoms with Crippen LogP contribution in [0.5, 0.6) is 0 Å². The van der Waals surface area contributed by atoms with E-state index in [0.717, 1.165) is 0 Å². The molecule has 0 radical (unpaired) electrons. The maximum atomic E-state index is 11.9. The van der Waals surface area contributed by atoms with Crippen LogP contribution in [0.4, 0.5) is 5.69 Å². The van der Waals surface area contributed by atoms with Gasteiger partial charge in [-0.05, 0) is 25.1 Å². The molecule has 1 aliphatic heterocycles. The van der Waals surface area contributed by atoms with Crippen LogP contribution in [0.25, 0.3) is 0 Å². The molecule has 5 heteroatoms. The van der Waals surface area contributed by atoms with E-state index in [-0.39, 0.29) is 24.3 Å². The number of nitriles is 1. The standard InChI is InChI=1S/C12H10Cl2N2O/c1-7-8(6-15)4-12(17)16(7)11-3-2-9(13)5-10(11)14/h2-3,5,7-8H,4H2,1H3. The number of amides is 1. The topological polar surface area (TPSA) is 44.1 Å². The van der Waals surface area contributed by atoms with E-state index in [1.165, 1.54) is 0 Å². The van der Waals surface area contributed by atoms with Gasteiger partial charge in [0.15, 0.2) is 0 Å². The number of hydrogen-bond acceptors (Lipinski definition) is 2. The molecule has 0 aliphatic carbocycles. The zero-order chi connectivity index (χ0) is 12.6. The van der Waals surface area contributed by atoms with Gasteiger partial charge in [-0.2, -0.15) is 5.26 Å². The molecule has 2 unspecified atom stereocenters. The first kappa shape index (κ1) is 12.2. The largest absolute Gasteiger partial charge is 0.307 e. The van der Waals surface area contributed by atoms with Crippen LogP contribution in [-0.2, 0) is 4.79 Å². The van der Waals surface area contributed by atoms with Crippen molar-refractivity contribution in [2.75, 3.05) is 4.90 Å². The first-order valence-electron chi connectivity index (χ1n) is 5.21. The number of benzene rings is 1. The summed E-state index contributed by atoms with van der Waals surface area (Å²) in [6, 6.07) is 6.97. The molecule has 88 valence electrons. The molecule has 0 spiro atoms. The van der Waals surface area contributed by atoms with Crippen LogP contribution in [0.3, 0.4) is 0 Å². The second-order valence-electron chi connectivity index (χ2n) is 4.04.